The highest BCUT2D eigenvalue weighted by Crippen LogP contribution is 2.33. The Balaban J connectivity index is 3.14. The van der Waals surface area contributed by atoms with Crippen LogP contribution in [0.1, 0.15) is 12.5 Å². The van der Waals surface area contributed by atoms with Crippen LogP contribution in [-0.4, -0.2) is 12.8 Å². The first-order valence-corrected chi connectivity index (χ1v) is 4.57. The predicted octanol–water partition coefficient (Wildman–Crippen LogP) is 3.39. The maximum Gasteiger partial charge on any atom is 0.156 e. The Hall–Kier alpha value is -0.730. The number of hydrogen-bond acceptors (Lipinski definition) is 2. The van der Waals surface area contributed by atoms with E-state index in [1.807, 2.05) is 6.92 Å². The third kappa shape index (κ3) is 2.36. The van der Waals surface area contributed by atoms with Crippen LogP contribution in [0.3, 0.4) is 0 Å². The second-order valence-corrected chi connectivity index (χ2v) is 3.21. The van der Waals surface area contributed by atoms with E-state index >= 15 is 0 Å². The van der Waals surface area contributed by atoms with E-state index in [1.54, 1.807) is 12.1 Å². The summed E-state index contributed by atoms with van der Waals surface area (Å²) in [7, 11) is 0. The summed E-state index contributed by atoms with van der Waals surface area (Å²) in [4.78, 5) is 0. The van der Waals surface area contributed by atoms with E-state index in [9.17, 15) is 0 Å². The third-order valence-corrected chi connectivity index (χ3v) is 2.04. The van der Waals surface area contributed by atoms with Crippen molar-refractivity contribution in [2.45, 2.75) is 6.92 Å². The zero-order chi connectivity index (χ0) is 9.84. The van der Waals surface area contributed by atoms with Crippen molar-refractivity contribution in [2.75, 3.05) is 6.61 Å². The first-order valence-electron chi connectivity index (χ1n) is 3.81. The van der Waals surface area contributed by atoms with Crippen molar-refractivity contribution < 1.29 is 4.74 Å². The summed E-state index contributed by atoms with van der Waals surface area (Å²) in [6.07, 6.45) is 1.19. The standard InChI is InChI=1S/C9H9Cl2NO/c1-2-13-9-7(10)3-6(5-12)4-8(9)11/h3-5,12H,2H2,1H3. The van der Waals surface area contributed by atoms with Gasteiger partial charge in [-0.2, -0.15) is 0 Å². The highest BCUT2D eigenvalue weighted by Gasteiger charge is 2.07. The molecule has 1 aromatic rings. The molecule has 1 rings (SSSR count). The molecule has 0 bridgehead atoms. The van der Waals surface area contributed by atoms with Crippen molar-refractivity contribution in [2.24, 2.45) is 0 Å². The largest absolute Gasteiger partial charge is 0.491 e. The minimum atomic E-state index is 0.438. The molecule has 70 valence electrons. The Bertz CT molecular complexity index is 302. The molecule has 0 aliphatic carbocycles. The van der Waals surface area contributed by atoms with Gasteiger partial charge in [0.05, 0.1) is 16.7 Å². The summed E-state index contributed by atoms with van der Waals surface area (Å²) in [5, 5.41) is 7.90. The van der Waals surface area contributed by atoms with Gasteiger partial charge in [0, 0.05) is 6.21 Å². The first kappa shape index (κ1) is 10.4. The molecule has 0 saturated heterocycles. The van der Waals surface area contributed by atoms with Crippen molar-refractivity contribution in [3.05, 3.63) is 27.7 Å². The summed E-state index contributed by atoms with van der Waals surface area (Å²) in [6, 6.07) is 3.29. The van der Waals surface area contributed by atoms with Crippen LogP contribution in [0, 0.1) is 5.41 Å². The van der Waals surface area contributed by atoms with Crippen LogP contribution in [0.5, 0.6) is 5.75 Å². The van der Waals surface area contributed by atoms with Crippen molar-refractivity contribution in [1.82, 2.24) is 0 Å². The Labute approximate surface area is 86.9 Å². The maximum absolute atomic E-state index is 7.03. The number of ether oxygens (including phenoxy) is 1. The van der Waals surface area contributed by atoms with Gasteiger partial charge in [0.1, 0.15) is 0 Å². The van der Waals surface area contributed by atoms with E-state index in [2.05, 4.69) is 0 Å². The molecule has 0 aliphatic heterocycles. The molecule has 0 unspecified atom stereocenters. The van der Waals surface area contributed by atoms with Gasteiger partial charge >= 0.3 is 0 Å². The second kappa shape index (κ2) is 4.49. The summed E-state index contributed by atoms with van der Waals surface area (Å²) in [6.45, 7) is 2.38. The van der Waals surface area contributed by atoms with Gasteiger partial charge in [0.15, 0.2) is 5.75 Å². The summed E-state index contributed by atoms with van der Waals surface area (Å²) in [5.41, 5.74) is 0.665. The molecular weight excluding hydrogens is 209 g/mol. The molecule has 0 amide bonds. The number of halogens is 2. The topological polar surface area (TPSA) is 33.1 Å². The fourth-order valence-corrected chi connectivity index (χ4v) is 1.56. The maximum atomic E-state index is 7.03. The molecule has 0 saturated carbocycles. The van der Waals surface area contributed by atoms with Crippen molar-refractivity contribution >= 4 is 29.4 Å². The second-order valence-electron chi connectivity index (χ2n) is 2.39. The summed E-state index contributed by atoms with van der Waals surface area (Å²) in [5.74, 6) is 0.483. The highest BCUT2D eigenvalue weighted by atomic mass is 35.5. The van der Waals surface area contributed by atoms with E-state index < -0.39 is 0 Å². The molecule has 1 N–H and O–H groups in total. The molecule has 2 nitrogen and oxygen atoms in total. The molecule has 1 aromatic carbocycles. The molecule has 0 spiro atoms. The molecule has 0 atom stereocenters. The van der Waals surface area contributed by atoms with E-state index in [0.29, 0.717) is 28.0 Å². The Morgan fingerprint density at radius 2 is 1.92 bits per heavy atom. The van der Waals surface area contributed by atoms with Gasteiger partial charge in [-0.25, -0.2) is 0 Å². The first-order chi connectivity index (χ1) is 6.19. The van der Waals surface area contributed by atoms with Crippen LogP contribution in [0.4, 0.5) is 0 Å². The lowest BCUT2D eigenvalue weighted by atomic mass is 10.2. The van der Waals surface area contributed by atoms with Crippen molar-refractivity contribution in [3.63, 3.8) is 0 Å². The van der Waals surface area contributed by atoms with E-state index in [4.69, 9.17) is 33.3 Å². The number of hydrogen-bond donors (Lipinski definition) is 1. The van der Waals surface area contributed by atoms with Gasteiger partial charge in [-0.1, -0.05) is 23.2 Å². The molecule has 4 heteroatoms. The molecule has 13 heavy (non-hydrogen) atoms. The number of rotatable bonds is 3. The zero-order valence-electron chi connectivity index (χ0n) is 7.10. The van der Waals surface area contributed by atoms with Crippen molar-refractivity contribution in [1.29, 1.82) is 5.41 Å². The quantitative estimate of drug-likeness (QED) is 0.775. The number of nitrogens with one attached hydrogen (secondary N) is 1. The average molecular weight is 218 g/mol. The van der Waals surface area contributed by atoms with Crippen LogP contribution >= 0.6 is 23.2 Å². The highest BCUT2D eigenvalue weighted by molar-refractivity contribution is 6.37. The molecule has 0 fully saturated rings. The SMILES string of the molecule is CCOc1c(Cl)cc(C=N)cc1Cl. The number of benzene rings is 1. The normalized spacial score (nSPS) is 9.77. The van der Waals surface area contributed by atoms with E-state index in [0.717, 1.165) is 0 Å². The lowest BCUT2D eigenvalue weighted by Gasteiger charge is -2.08. The van der Waals surface area contributed by atoms with Gasteiger partial charge in [0.2, 0.25) is 0 Å². The van der Waals surface area contributed by atoms with Crippen LogP contribution in [0.25, 0.3) is 0 Å². The summed E-state index contributed by atoms with van der Waals surface area (Å²) >= 11 is 11.8. The van der Waals surface area contributed by atoms with Crippen LogP contribution in [0.2, 0.25) is 10.0 Å². The van der Waals surface area contributed by atoms with E-state index in [-0.39, 0.29) is 0 Å². The molecule has 0 aliphatic rings. The molecule has 0 heterocycles. The van der Waals surface area contributed by atoms with Gasteiger partial charge in [-0.3, -0.25) is 0 Å². The Morgan fingerprint density at radius 3 is 2.31 bits per heavy atom. The predicted molar refractivity (Wildman–Crippen MR) is 55.5 cm³/mol. The monoisotopic (exact) mass is 217 g/mol. The molecule has 0 aromatic heterocycles. The molecule has 0 radical (unpaired) electrons. The van der Waals surface area contributed by atoms with E-state index in [1.165, 1.54) is 6.21 Å². The van der Waals surface area contributed by atoms with Crippen molar-refractivity contribution in [3.8, 4) is 5.75 Å². The Kier molecular flexibility index (Phi) is 3.58. The minimum absolute atomic E-state index is 0.438. The minimum Gasteiger partial charge on any atom is -0.491 e. The van der Waals surface area contributed by atoms with Crippen LogP contribution < -0.4 is 4.74 Å². The summed E-state index contributed by atoms with van der Waals surface area (Å²) < 4.78 is 5.23. The third-order valence-electron chi connectivity index (χ3n) is 1.48. The van der Waals surface area contributed by atoms with Crippen LogP contribution in [-0.2, 0) is 0 Å². The Morgan fingerprint density at radius 1 is 1.38 bits per heavy atom. The lowest BCUT2D eigenvalue weighted by Crippen LogP contribution is -1.94. The molecular formula is C9H9Cl2NO. The van der Waals surface area contributed by atoms with Gasteiger partial charge in [-0.15, -0.1) is 0 Å². The average Bonchev–Trinajstić information content (AvgIpc) is 2.11. The van der Waals surface area contributed by atoms with Gasteiger partial charge in [-0.05, 0) is 24.6 Å². The van der Waals surface area contributed by atoms with Gasteiger partial charge < -0.3 is 10.1 Å². The fourth-order valence-electron chi connectivity index (χ4n) is 0.945. The smallest absolute Gasteiger partial charge is 0.156 e. The fraction of sp³-hybridized carbons (Fsp3) is 0.222. The van der Waals surface area contributed by atoms with Crippen LogP contribution in [0.15, 0.2) is 12.1 Å². The zero-order valence-corrected chi connectivity index (χ0v) is 8.62. The van der Waals surface area contributed by atoms with Gasteiger partial charge in [0.25, 0.3) is 0 Å². The lowest BCUT2D eigenvalue weighted by molar-refractivity contribution is 0.340.